The second-order valence-corrected chi connectivity index (χ2v) is 10.2. The van der Waals surface area contributed by atoms with E-state index < -0.39 is 16.0 Å². The van der Waals surface area contributed by atoms with E-state index >= 15 is 0 Å². The fraction of sp³-hybridized carbons (Fsp3) is 0.364. The molecule has 3 rings (SSSR count). The number of hydrogen-bond donors (Lipinski definition) is 1. The zero-order valence-corrected chi connectivity index (χ0v) is 19.8. The molecule has 32 heavy (non-hydrogen) atoms. The number of nitrogens with zero attached hydrogens (tertiary/aromatic N) is 1. The van der Waals surface area contributed by atoms with Gasteiger partial charge in [-0.1, -0.05) is 29.3 Å². The minimum absolute atomic E-state index is 0.171. The summed E-state index contributed by atoms with van der Waals surface area (Å²) in [7, 11) is -3.54. The molecule has 1 fully saturated rings. The van der Waals surface area contributed by atoms with Crippen LogP contribution >= 0.6 is 23.2 Å². The summed E-state index contributed by atoms with van der Waals surface area (Å²) in [4.78, 5) is 24.3. The van der Waals surface area contributed by atoms with Crippen LogP contribution in [-0.2, 0) is 25.3 Å². The van der Waals surface area contributed by atoms with Crippen molar-refractivity contribution in [2.45, 2.75) is 25.5 Å². The van der Waals surface area contributed by atoms with Crippen molar-refractivity contribution >= 4 is 50.8 Å². The molecular formula is C22H24Cl2N2O5S. The van der Waals surface area contributed by atoms with Crippen molar-refractivity contribution in [3.8, 4) is 0 Å². The van der Waals surface area contributed by atoms with Crippen LogP contribution in [0.4, 0.5) is 5.69 Å². The number of anilines is 1. The van der Waals surface area contributed by atoms with E-state index in [9.17, 15) is 18.0 Å². The molecule has 0 bridgehead atoms. The first-order valence-electron chi connectivity index (χ1n) is 10.2. The van der Waals surface area contributed by atoms with Crippen LogP contribution in [0.3, 0.4) is 0 Å². The van der Waals surface area contributed by atoms with Crippen molar-refractivity contribution in [2.75, 3.05) is 25.0 Å². The zero-order chi connectivity index (χ0) is 23.3. The fourth-order valence-electron chi connectivity index (χ4n) is 3.48. The van der Waals surface area contributed by atoms with Crippen LogP contribution in [0, 0.1) is 5.92 Å². The lowest BCUT2D eigenvalue weighted by Gasteiger charge is -2.30. The molecule has 0 saturated carbocycles. The highest BCUT2D eigenvalue weighted by Gasteiger charge is 2.31. The molecule has 1 aliphatic rings. The number of carbonyl (C=O) groups is 2. The van der Waals surface area contributed by atoms with Gasteiger partial charge < -0.3 is 10.1 Å². The topological polar surface area (TPSA) is 92.8 Å². The van der Waals surface area contributed by atoms with Crippen LogP contribution in [-0.4, -0.2) is 44.3 Å². The summed E-state index contributed by atoms with van der Waals surface area (Å²) in [5.74, 6) is -1.06. The Kier molecular flexibility index (Phi) is 8.16. The van der Waals surface area contributed by atoms with E-state index in [4.69, 9.17) is 27.9 Å². The van der Waals surface area contributed by atoms with Gasteiger partial charge in [0.1, 0.15) is 0 Å². The molecule has 10 heteroatoms. The highest BCUT2D eigenvalue weighted by Crippen LogP contribution is 2.26. The van der Waals surface area contributed by atoms with E-state index in [-0.39, 0.29) is 30.7 Å². The third-order valence-corrected chi connectivity index (χ3v) is 7.80. The Labute approximate surface area is 197 Å². The largest absolute Gasteiger partial charge is 0.462 e. The molecule has 1 amide bonds. The van der Waals surface area contributed by atoms with Crippen molar-refractivity contribution in [1.29, 1.82) is 0 Å². The van der Waals surface area contributed by atoms with Crippen molar-refractivity contribution in [1.82, 2.24) is 4.31 Å². The molecule has 7 nitrogen and oxygen atoms in total. The van der Waals surface area contributed by atoms with Gasteiger partial charge in [0.15, 0.2) is 0 Å². The molecule has 0 aliphatic carbocycles. The van der Waals surface area contributed by atoms with E-state index in [1.807, 2.05) is 0 Å². The average molecular weight is 499 g/mol. The Balaban J connectivity index is 1.53. The molecule has 0 unspecified atom stereocenters. The van der Waals surface area contributed by atoms with Gasteiger partial charge in [-0.25, -0.2) is 17.5 Å². The SMILES string of the molecule is CCOC(=O)c1ccc(NC(=O)C2CCN(S(=O)(=O)Cc3ccc(Cl)c(Cl)c3)CC2)cc1. The molecule has 172 valence electrons. The van der Waals surface area contributed by atoms with E-state index in [2.05, 4.69) is 5.32 Å². The van der Waals surface area contributed by atoms with Crippen molar-refractivity contribution in [3.05, 3.63) is 63.6 Å². The lowest BCUT2D eigenvalue weighted by Crippen LogP contribution is -2.41. The summed E-state index contributed by atoms with van der Waals surface area (Å²) in [6.45, 7) is 2.56. The van der Waals surface area contributed by atoms with E-state index in [1.165, 1.54) is 4.31 Å². The number of esters is 1. The molecule has 0 spiro atoms. The van der Waals surface area contributed by atoms with Gasteiger partial charge in [-0.3, -0.25) is 4.79 Å². The lowest BCUT2D eigenvalue weighted by atomic mass is 9.97. The molecule has 1 saturated heterocycles. The summed E-state index contributed by atoms with van der Waals surface area (Å²) >= 11 is 11.9. The first-order chi connectivity index (χ1) is 15.2. The maximum Gasteiger partial charge on any atom is 0.338 e. The molecule has 1 N–H and O–H groups in total. The van der Waals surface area contributed by atoms with Crippen LogP contribution in [0.1, 0.15) is 35.7 Å². The minimum atomic E-state index is -3.54. The molecule has 1 aliphatic heterocycles. The Bertz CT molecular complexity index is 1080. The highest BCUT2D eigenvalue weighted by atomic mass is 35.5. The predicted molar refractivity (Wildman–Crippen MR) is 124 cm³/mol. The summed E-state index contributed by atoms with van der Waals surface area (Å²) in [6, 6.07) is 11.2. The van der Waals surface area contributed by atoms with Crippen molar-refractivity contribution < 1.29 is 22.7 Å². The normalized spacial score (nSPS) is 15.3. The number of benzene rings is 2. The average Bonchev–Trinajstić information content (AvgIpc) is 2.77. The number of halogens is 2. The highest BCUT2D eigenvalue weighted by molar-refractivity contribution is 7.88. The number of carbonyl (C=O) groups excluding carboxylic acids is 2. The number of hydrogen-bond acceptors (Lipinski definition) is 5. The molecule has 0 aromatic heterocycles. The Morgan fingerprint density at radius 1 is 1.06 bits per heavy atom. The van der Waals surface area contributed by atoms with Crippen LogP contribution < -0.4 is 5.32 Å². The Hall–Kier alpha value is -2.13. The monoisotopic (exact) mass is 498 g/mol. The number of nitrogens with one attached hydrogen (secondary N) is 1. The van der Waals surface area contributed by atoms with Gasteiger partial charge in [0.25, 0.3) is 0 Å². The second kappa shape index (κ2) is 10.7. The van der Waals surface area contributed by atoms with Crippen LogP contribution in [0.5, 0.6) is 0 Å². The Morgan fingerprint density at radius 2 is 1.72 bits per heavy atom. The zero-order valence-electron chi connectivity index (χ0n) is 17.5. The third kappa shape index (κ3) is 6.22. The molecule has 0 atom stereocenters. The van der Waals surface area contributed by atoms with Crippen molar-refractivity contribution in [2.24, 2.45) is 5.92 Å². The van der Waals surface area contributed by atoms with Gasteiger partial charge in [0.05, 0.1) is 28.0 Å². The van der Waals surface area contributed by atoms with Crippen LogP contribution in [0.25, 0.3) is 0 Å². The maximum absolute atomic E-state index is 12.8. The van der Waals surface area contributed by atoms with E-state index in [1.54, 1.807) is 49.4 Å². The number of sulfonamides is 1. The summed E-state index contributed by atoms with van der Waals surface area (Å²) < 4.78 is 31.9. The standard InChI is InChI=1S/C22H24Cl2N2O5S/c1-2-31-22(28)17-4-6-18(7-5-17)25-21(27)16-9-11-26(12-10-16)32(29,30)14-15-3-8-19(23)20(24)13-15/h3-8,13,16H,2,9-12,14H2,1H3,(H,25,27). The number of piperidine rings is 1. The molecule has 2 aromatic carbocycles. The minimum Gasteiger partial charge on any atom is -0.462 e. The van der Waals surface area contributed by atoms with Crippen molar-refractivity contribution in [3.63, 3.8) is 0 Å². The van der Waals surface area contributed by atoms with Gasteiger partial charge in [0, 0.05) is 24.7 Å². The van der Waals surface area contributed by atoms with Gasteiger partial charge in [0.2, 0.25) is 15.9 Å². The smallest absolute Gasteiger partial charge is 0.338 e. The van der Waals surface area contributed by atoms with E-state index in [0.717, 1.165) is 0 Å². The first-order valence-corrected chi connectivity index (χ1v) is 12.6. The lowest BCUT2D eigenvalue weighted by molar-refractivity contribution is -0.120. The molecule has 0 radical (unpaired) electrons. The van der Waals surface area contributed by atoms with Crippen LogP contribution in [0.15, 0.2) is 42.5 Å². The maximum atomic E-state index is 12.8. The molecule has 1 heterocycles. The van der Waals surface area contributed by atoms with Gasteiger partial charge in [-0.2, -0.15) is 0 Å². The fourth-order valence-corrected chi connectivity index (χ4v) is 5.35. The van der Waals surface area contributed by atoms with Gasteiger partial charge >= 0.3 is 5.97 Å². The number of ether oxygens (including phenoxy) is 1. The van der Waals surface area contributed by atoms with E-state index in [0.29, 0.717) is 46.3 Å². The van der Waals surface area contributed by atoms with Gasteiger partial charge in [-0.05, 0) is 61.7 Å². The van der Waals surface area contributed by atoms with Gasteiger partial charge in [-0.15, -0.1) is 0 Å². The Morgan fingerprint density at radius 3 is 2.31 bits per heavy atom. The molecule has 2 aromatic rings. The number of rotatable bonds is 7. The summed E-state index contributed by atoms with van der Waals surface area (Å²) in [6.07, 6.45) is 0.848. The molecular weight excluding hydrogens is 475 g/mol. The second-order valence-electron chi connectivity index (χ2n) is 7.47. The predicted octanol–water partition coefficient (Wildman–Crippen LogP) is 4.35. The summed E-state index contributed by atoms with van der Waals surface area (Å²) in [5, 5.41) is 3.51. The number of amides is 1. The van der Waals surface area contributed by atoms with Crippen LogP contribution in [0.2, 0.25) is 10.0 Å². The summed E-state index contributed by atoms with van der Waals surface area (Å²) in [5.41, 5.74) is 1.54. The third-order valence-electron chi connectivity index (χ3n) is 5.21. The quantitative estimate of drug-likeness (QED) is 0.572. The first kappa shape index (κ1) is 24.5.